The molecule has 1 aliphatic rings. The first-order valence-electron chi connectivity index (χ1n) is 9.01. The third kappa shape index (κ3) is 4.18. The molecule has 0 bridgehead atoms. The van der Waals surface area contributed by atoms with Crippen LogP contribution >= 0.6 is 11.3 Å². The van der Waals surface area contributed by atoms with E-state index in [9.17, 15) is 4.79 Å². The fourth-order valence-corrected chi connectivity index (χ4v) is 3.94. The Morgan fingerprint density at radius 3 is 2.63 bits per heavy atom. The number of nitrogens with one attached hydrogen (secondary N) is 1. The molecule has 1 fully saturated rings. The molecule has 0 saturated carbocycles. The molecule has 2 heterocycles. The van der Waals surface area contributed by atoms with E-state index in [0.717, 1.165) is 35.0 Å². The lowest BCUT2D eigenvalue weighted by atomic mass is 10.1. The molecule has 0 atom stereocenters. The number of morpholine rings is 1. The number of rotatable bonds is 5. The van der Waals surface area contributed by atoms with E-state index in [2.05, 4.69) is 15.2 Å². The highest BCUT2D eigenvalue weighted by molar-refractivity contribution is 7.13. The number of nitrogens with zero attached hydrogens (tertiary/aromatic N) is 2. The summed E-state index contributed by atoms with van der Waals surface area (Å²) in [6.07, 6.45) is 0. The number of hydrogen-bond donors (Lipinski definition) is 1. The minimum absolute atomic E-state index is 0.0775. The normalized spacial score (nSPS) is 14.1. The van der Waals surface area contributed by atoms with E-state index in [4.69, 9.17) is 4.74 Å². The molecule has 27 heavy (non-hydrogen) atoms. The topological polar surface area (TPSA) is 54.5 Å². The van der Waals surface area contributed by atoms with Gasteiger partial charge in [-0.2, -0.15) is 0 Å². The molecule has 5 nitrogen and oxygen atoms in total. The third-order valence-corrected chi connectivity index (χ3v) is 5.44. The van der Waals surface area contributed by atoms with Gasteiger partial charge in [-0.1, -0.05) is 42.5 Å². The molecule has 3 aromatic rings. The Morgan fingerprint density at radius 2 is 1.81 bits per heavy atom. The predicted octanol–water partition coefficient (Wildman–Crippen LogP) is 3.58. The zero-order valence-corrected chi connectivity index (χ0v) is 15.7. The predicted molar refractivity (Wildman–Crippen MR) is 108 cm³/mol. The smallest absolute Gasteiger partial charge is 0.253 e. The highest BCUT2D eigenvalue weighted by atomic mass is 32.1. The molecule has 6 heteroatoms. The monoisotopic (exact) mass is 379 g/mol. The number of hydrogen-bond acceptors (Lipinski definition) is 5. The van der Waals surface area contributed by atoms with Crippen LogP contribution < -0.4 is 10.2 Å². The first kappa shape index (κ1) is 17.7. The van der Waals surface area contributed by atoms with Gasteiger partial charge in [0.1, 0.15) is 5.01 Å². The average Bonchev–Trinajstić information content (AvgIpc) is 3.22. The summed E-state index contributed by atoms with van der Waals surface area (Å²) >= 11 is 1.59. The number of anilines is 1. The number of aromatic nitrogens is 1. The van der Waals surface area contributed by atoms with E-state index in [1.54, 1.807) is 11.3 Å². The summed E-state index contributed by atoms with van der Waals surface area (Å²) in [6, 6.07) is 17.8. The van der Waals surface area contributed by atoms with E-state index in [-0.39, 0.29) is 5.91 Å². The van der Waals surface area contributed by atoms with Crippen molar-refractivity contribution in [2.24, 2.45) is 0 Å². The molecular weight excluding hydrogens is 358 g/mol. The molecule has 1 saturated heterocycles. The molecule has 1 aliphatic heterocycles. The number of ether oxygens (including phenoxy) is 1. The van der Waals surface area contributed by atoms with Crippen molar-refractivity contribution in [1.82, 2.24) is 10.3 Å². The van der Waals surface area contributed by atoms with Gasteiger partial charge in [-0.05, 0) is 12.1 Å². The van der Waals surface area contributed by atoms with Crippen molar-refractivity contribution in [3.8, 4) is 10.6 Å². The Morgan fingerprint density at radius 1 is 1.07 bits per heavy atom. The van der Waals surface area contributed by atoms with E-state index < -0.39 is 0 Å². The van der Waals surface area contributed by atoms with Crippen LogP contribution in [0.2, 0.25) is 0 Å². The average molecular weight is 379 g/mol. The van der Waals surface area contributed by atoms with Crippen LogP contribution in [0.4, 0.5) is 5.69 Å². The van der Waals surface area contributed by atoms with Gasteiger partial charge in [-0.15, -0.1) is 11.3 Å². The first-order chi connectivity index (χ1) is 13.3. The lowest BCUT2D eigenvalue weighted by Gasteiger charge is -2.30. The Hall–Kier alpha value is -2.70. The summed E-state index contributed by atoms with van der Waals surface area (Å²) in [7, 11) is 0. The van der Waals surface area contributed by atoms with Gasteiger partial charge >= 0.3 is 0 Å². The third-order valence-electron chi connectivity index (χ3n) is 4.50. The molecule has 1 N–H and O–H groups in total. The van der Waals surface area contributed by atoms with Crippen molar-refractivity contribution in [3.05, 3.63) is 71.2 Å². The largest absolute Gasteiger partial charge is 0.378 e. The summed E-state index contributed by atoms with van der Waals surface area (Å²) in [5.41, 5.74) is 3.62. The summed E-state index contributed by atoms with van der Waals surface area (Å²) in [5, 5.41) is 5.97. The van der Waals surface area contributed by atoms with Gasteiger partial charge in [0.25, 0.3) is 5.91 Å². The van der Waals surface area contributed by atoms with E-state index >= 15 is 0 Å². The number of thiazole rings is 1. The first-order valence-corrected chi connectivity index (χ1v) is 9.89. The molecule has 138 valence electrons. The van der Waals surface area contributed by atoms with E-state index in [1.165, 1.54) is 0 Å². The molecule has 0 radical (unpaired) electrons. The molecular formula is C21H21N3O2S. The van der Waals surface area contributed by atoms with Gasteiger partial charge in [-0.25, -0.2) is 4.98 Å². The zero-order chi connectivity index (χ0) is 18.5. The minimum atomic E-state index is -0.0775. The van der Waals surface area contributed by atoms with Crippen LogP contribution in [-0.2, 0) is 11.3 Å². The van der Waals surface area contributed by atoms with Crippen molar-refractivity contribution in [2.75, 3.05) is 31.2 Å². The number of benzene rings is 2. The molecule has 1 amide bonds. The van der Waals surface area contributed by atoms with Crippen molar-refractivity contribution < 1.29 is 9.53 Å². The van der Waals surface area contributed by atoms with Crippen molar-refractivity contribution in [2.45, 2.75) is 6.54 Å². The van der Waals surface area contributed by atoms with Gasteiger partial charge in [0, 0.05) is 29.7 Å². The lowest BCUT2D eigenvalue weighted by molar-refractivity contribution is 0.0949. The molecule has 4 rings (SSSR count). The quantitative estimate of drug-likeness (QED) is 0.736. The molecule has 2 aromatic carbocycles. The molecule has 0 unspecified atom stereocenters. The lowest BCUT2D eigenvalue weighted by Crippen LogP contribution is -2.37. The Kier molecular flexibility index (Phi) is 5.46. The van der Waals surface area contributed by atoms with Gasteiger partial charge in [0.05, 0.1) is 31.0 Å². The summed E-state index contributed by atoms with van der Waals surface area (Å²) < 4.78 is 5.42. The number of amides is 1. The second kappa shape index (κ2) is 8.33. The van der Waals surface area contributed by atoms with Gasteiger partial charge < -0.3 is 15.0 Å². The van der Waals surface area contributed by atoms with Crippen molar-refractivity contribution in [3.63, 3.8) is 0 Å². The maximum absolute atomic E-state index is 12.8. The second-order valence-electron chi connectivity index (χ2n) is 6.31. The fraction of sp³-hybridized carbons (Fsp3) is 0.238. The van der Waals surface area contributed by atoms with Gasteiger partial charge in [-0.3, -0.25) is 4.79 Å². The Labute approximate surface area is 162 Å². The fourth-order valence-electron chi connectivity index (χ4n) is 3.11. The van der Waals surface area contributed by atoms with Crippen LogP contribution in [0.15, 0.2) is 60.0 Å². The second-order valence-corrected chi connectivity index (χ2v) is 7.17. The SMILES string of the molecule is O=C(NCc1csc(-c2ccccc2)n1)c1ccccc1N1CCOCC1. The summed E-state index contributed by atoms with van der Waals surface area (Å²) in [4.78, 5) is 19.6. The summed E-state index contributed by atoms with van der Waals surface area (Å²) in [6.45, 7) is 3.40. The number of carbonyl (C=O) groups excluding carboxylic acids is 1. The van der Waals surface area contributed by atoms with Crippen LogP contribution in [0.5, 0.6) is 0 Å². The van der Waals surface area contributed by atoms with Crippen LogP contribution in [0, 0.1) is 0 Å². The van der Waals surface area contributed by atoms with E-state index in [1.807, 2.05) is 60.0 Å². The number of para-hydroxylation sites is 1. The van der Waals surface area contributed by atoms with Gasteiger partial charge in [0.15, 0.2) is 0 Å². The van der Waals surface area contributed by atoms with Crippen LogP contribution in [0.25, 0.3) is 10.6 Å². The zero-order valence-electron chi connectivity index (χ0n) is 14.9. The van der Waals surface area contributed by atoms with E-state index in [0.29, 0.717) is 25.3 Å². The van der Waals surface area contributed by atoms with Crippen molar-refractivity contribution >= 4 is 22.9 Å². The van der Waals surface area contributed by atoms with Crippen LogP contribution in [0.3, 0.4) is 0 Å². The highest BCUT2D eigenvalue weighted by Gasteiger charge is 2.18. The van der Waals surface area contributed by atoms with Crippen LogP contribution in [0.1, 0.15) is 16.1 Å². The van der Waals surface area contributed by atoms with Gasteiger partial charge in [0.2, 0.25) is 0 Å². The number of carbonyl (C=O) groups is 1. The standard InChI is InChI=1S/C21H21N3O2S/c25-20(18-8-4-5-9-19(18)24-10-12-26-13-11-24)22-14-17-15-27-21(23-17)16-6-2-1-3-7-16/h1-9,15H,10-14H2,(H,22,25). The maximum atomic E-state index is 12.8. The Bertz CT molecular complexity index is 905. The maximum Gasteiger partial charge on any atom is 0.253 e. The Balaban J connectivity index is 1.44. The van der Waals surface area contributed by atoms with Crippen molar-refractivity contribution in [1.29, 1.82) is 0 Å². The minimum Gasteiger partial charge on any atom is -0.378 e. The molecule has 1 aromatic heterocycles. The summed E-state index contributed by atoms with van der Waals surface area (Å²) in [5.74, 6) is -0.0775. The molecule has 0 spiro atoms. The highest BCUT2D eigenvalue weighted by Crippen LogP contribution is 2.24. The van der Waals surface area contributed by atoms with Crippen LogP contribution in [-0.4, -0.2) is 37.2 Å². The molecule has 0 aliphatic carbocycles.